The van der Waals surface area contributed by atoms with Gasteiger partial charge in [-0.05, 0) is 73.5 Å². The second kappa shape index (κ2) is 8.16. The summed E-state index contributed by atoms with van der Waals surface area (Å²) in [5, 5.41) is 0. The molecule has 1 saturated heterocycles. The number of benzene rings is 3. The highest BCUT2D eigenvalue weighted by Gasteiger charge is 2.48. The first-order chi connectivity index (χ1) is 17.0. The Kier molecular flexibility index (Phi) is 4.95. The molecular weight excluding hydrogens is 449 g/mol. The van der Waals surface area contributed by atoms with Gasteiger partial charge in [-0.3, -0.25) is 14.4 Å². The fourth-order valence-corrected chi connectivity index (χ4v) is 4.51. The molecule has 8 heteroatoms. The molecule has 7 nitrogen and oxygen atoms in total. The number of halogens is 1. The van der Waals surface area contributed by atoms with Crippen molar-refractivity contribution in [3.63, 3.8) is 0 Å². The number of amides is 3. The summed E-state index contributed by atoms with van der Waals surface area (Å²) in [6.07, 6.45) is 1.45. The minimum atomic E-state index is -0.885. The molecule has 0 spiro atoms. The quantitative estimate of drug-likeness (QED) is 0.400. The number of nitrogens with zero attached hydrogens (tertiary/aromatic N) is 3. The van der Waals surface area contributed by atoms with Crippen molar-refractivity contribution in [2.24, 2.45) is 0 Å². The number of imide groups is 1. The van der Waals surface area contributed by atoms with E-state index in [1.165, 1.54) is 29.2 Å². The molecule has 2 aliphatic rings. The predicted molar refractivity (Wildman–Crippen MR) is 126 cm³/mol. The third-order valence-electron chi connectivity index (χ3n) is 6.39. The van der Waals surface area contributed by atoms with E-state index in [9.17, 15) is 18.8 Å². The number of rotatable bonds is 5. The highest BCUT2D eigenvalue weighted by Crippen LogP contribution is 2.36. The summed E-state index contributed by atoms with van der Waals surface area (Å²) in [5.74, 6) is -1.18. The SMILES string of the molecule is O=C1CC(N(C(=O)c2ccc(F)cc2)C2CC2)C(=O)N1c1ccc(-c2nc3ccccc3o2)cc1. The molecule has 1 aliphatic heterocycles. The van der Waals surface area contributed by atoms with Gasteiger partial charge in [0.1, 0.15) is 17.4 Å². The summed E-state index contributed by atoms with van der Waals surface area (Å²) in [4.78, 5) is 46.6. The van der Waals surface area contributed by atoms with Gasteiger partial charge in [-0.2, -0.15) is 0 Å². The number of oxazole rings is 1. The van der Waals surface area contributed by atoms with Crippen molar-refractivity contribution in [2.45, 2.75) is 31.3 Å². The third kappa shape index (κ3) is 3.77. The van der Waals surface area contributed by atoms with Crippen molar-refractivity contribution in [1.82, 2.24) is 9.88 Å². The smallest absolute Gasteiger partial charge is 0.257 e. The van der Waals surface area contributed by atoms with E-state index in [1.54, 1.807) is 24.3 Å². The molecule has 4 aromatic rings. The number of hydrogen-bond acceptors (Lipinski definition) is 5. The van der Waals surface area contributed by atoms with Crippen molar-refractivity contribution < 1.29 is 23.2 Å². The monoisotopic (exact) mass is 469 g/mol. The minimum absolute atomic E-state index is 0.0881. The maximum Gasteiger partial charge on any atom is 0.257 e. The molecule has 0 bridgehead atoms. The molecule has 3 aromatic carbocycles. The Bertz CT molecular complexity index is 1430. The van der Waals surface area contributed by atoms with Crippen LogP contribution in [0.5, 0.6) is 0 Å². The molecule has 3 amide bonds. The van der Waals surface area contributed by atoms with Crippen LogP contribution in [-0.4, -0.2) is 39.7 Å². The molecule has 35 heavy (non-hydrogen) atoms. The molecule has 2 heterocycles. The number of hydrogen-bond donors (Lipinski definition) is 0. The van der Waals surface area contributed by atoms with Crippen molar-refractivity contribution in [3.05, 3.63) is 84.2 Å². The average molecular weight is 469 g/mol. The number of carbonyl (C=O) groups excluding carboxylic acids is 3. The van der Waals surface area contributed by atoms with Crippen LogP contribution in [0, 0.1) is 5.82 Å². The molecule has 1 atom stereocenters. The Morgan fingerprint density at radius 3 is 2.37 bits per heavy atom. The largest absolute Gasteiger partial charge is 0.436 e. The van der Waals surface area contributed by atoms with Crippen LogP contribution in [-0.2, 0) is 9.59 Å². The Morgan fingerprint density at radius 1 is 0.971 bits per heavy atom. The lowest BCUT2D eigenvalue weighted by atomic mass is 10.1. The number of fused-ring (bicyclic) bond motifs is 1. The predicted octanol–water partition coefficient (Wildman–Crippen LogP) is 4.57. The first kappa shape index (κ1) is 21.2. The van der Waals surface area contributed by atoms with Gasteiger partial charge >= 0.3 is 0 Å². The molecular formula is C27H20FN3O4. The first-order valence-electron chi connectivity index (χ1n) is 11.4. The van der Waals surface area contributed by atoms with Crippen LogP contribution >= 0.6 is 0 Å². The Labute approximate surface area is 199 Å². The maximum atomic E-state index is 13.4. The van der Waals surface area contributed by atoms with Crippen LogP contribution in [0.2, 0.25) is 0 Å². The first-order valence-corrected chi connectivity index (χ1v) is 11.4. The van der Waals surface area contributed by atoms with E-state index in [1.807, 2.05) is 24.3 Å². The molecule has 0 N–H and O–H groups in total. The average Bonchev–Trinajstić information content (AvgIpc) is 3.53. The van der Waals surface area contributed by atoms with Gasteiger partial charge in [-0.15, -0.1) is 0 Å². The van der Waals surface area contributed by atoms with Gasteiger partial charge < -0.3 is 9.32 Å². The molecule has 1 aliphatic carbocycles. The summed E-state index contributed by atoms with van der Waals surface area (Å²) in [6, 6.07) is 18.5. The van der Waals surface area contributed by atoms with Gasteiger partial charge in [0, 0.05) is 17.2 Å². The minimum Gasteiger partial charge on any atom is -0.436 e. The van der Waals surface area contributed by atoms with Crippen LogP contribution in [0.3, 0.4) is 0 Å². The second-order valence-corrected chi connectivity index (χ2v) is 8.77. The zero-order chi connectivity index (χ0) is 24.1. The molecule has 0 radical (unpaired) electrons. The van der Waals surface area contributed by atoms with E-state index >= 15 is 0 Å². The fraction of sp³-hybridized carbons (Fsp3) is 0.185. The highest BCUT2D eigenvalue weighted by molar-refractivity contribution is 6.23. The molecule has 1 unspecified atom stereocenters. The number of anilines is 1. The van der Waals surface area contributed by atoms with Crippen molar-refractivity contribution in [1.29, 1.82) is 0 Å². The van der Waals surface area contributed by atoms with E-state index in [-0.39, 0.29) is 24.3 Å². The summed E-state index contributed by atoms with van der Waals surface area (Å²) < 4.78 is 19.1. The number of para-hydroxylation sites is 2. The second-order valence-electron chi connectivity index (χ2n) is 8.77. The van der Waals surface area contributed by atoms with E-state index in [0.717, 1.165) is 23.3 Å². The van der Waals surface area contributed by atoms with Crippen LogP contribution in [0.25, 0.3) is 22.6 Å². The van der Waals surface area contributed by atoms with Gasteiger partial charge in [0.25, 0.3) is 11.8 Å². The number of carbonyl (C=O) groups is 3. The van der Waals surface area contributed by atoms with Crippen LogP contribution in [0.1, 0.15) is 29.6 Å². The van der Waals surface area contributed by atoms with E-state index in [4.69, 9.17) is 4.42 Å². The lowest BCUT2D eigenvalue weighted by molar-refractivity contribution is -0.122. The topological polar surface area (TPSA) is 83.7 Å². The Morgan fingerprint density at radius 2 is 1.69 bits per heavy atom. The molecule has 174 valence electrons. The van der Waals surface area contributed by atoms with Crippen LogP contribution in [0.4, 0.5) is 10.1 Å². The fourth-order valence-electron chi connectivity index (χ4n) is 4.51. The summed E-state index contributed by atoms with van der Waals surface area (Å²) >= 11 is 0. The summed E-state index contributed by atoms with van der Waals surface area (Å²) in [7, 11) is 0. The van der Waals surface area contributed by atoms with Gasteiger partial charge in [-0.1, -0.05) is 12.1 Å². The molecule has 1 saturated carbocycles. The van der Waals surface area contributed by atoms with Gasteiger partial charge in [0.05, 0.1) is 12.1 Å². The molecule has 2 fully saturated rings. The van der Waals surface area contributed by atoms with Crippen molar-refractivity contribution in [2.75, 3.05) is 4.90 Å². The molecule has 1 aromatic heterocycles. The Balaban J connectivity index is 1.26. The van der Waals surface area contributed by atoms with E-state index in [2.05, 4.69) is 4.98 Å². The van der Waals surface area contributed by atoms with Gasteiger partial charge in [0.2, 0.25) is 11.8 Å². The zero-order valence-corrected chi connectivity index (χ0v) is 18.6. The standard InChI is InChI=1S/C27H20FN3O4/c28-18-9-5-17(6-10-18)26(33)30(19-13-14-19)22-15-24(32)31(27(22)34)20-11-7-16(8-12-20)25-29-21-3-1-2-4-23(21)35-25/h1-12,19,22H,13-15H2. The van der Waals surface area contributed by atoms with E-state index in [0.29, 0.717) is 28.3 Å². The third-order valence-corrected chi connectivity index (χ3v) is 6.39. The normalized spacial score (nSPS) is 17.9. The van der Waals surface area contributed by atoms with Crippen molar-refractivity contribution in [3.8, 4) is 11.5 Å². The van der Waals surface area contributed by atoms with Gasteiger partial charge in [0.15, 0.2) is 5.58 Å². The highest BCUT2D eigenvalue weighted by atomic mass is 19.1. The lowest BCUT2D eigenvalue weighted by Crippen LogP contribution is -2.46. The Hall–Kier alpha value is -4.33. The maximum absolute atomic E-state index is 13.4. The van der Waals surface area contributed by atoms with Gasteiger partial charge in [-0.25, -0.2) is 14.3 Å². The number of aromatic nitrogens is 1. The molecule has 6 rings (SSSR count). The van der Waals surface area contributed by atoms with Crippen LogP contribution in [0.15, 0.2) is 77.2 Å². The van der Waals surface area contributed by atoms with Crippen molar-refractivity contribution >= 4 is 34.5 Å². The zero-order valence-electron chi connectivity index (χ0n) is 18.6. The lowest BCUT2D eigenvalue weighted by Gasteiger charge is -2.27. The van der Waals surface area contributed by atoms with E-state index < -0.39 is 17.8 Å². The summed E-state index contributed by atoms with van der Waals surface area (Å²) in [5.41, 5.74) is 2.84. The van der Waals surface area contributed by atoms with Crippen LogP contribution < -0.4 is 4.90 Å². The summed E-state index contributed by atoms with van der Waals surface area (Å²) in [6.45, 7) is 0.